The summed E-state index contributed by atoms with van der Waals surface area (Å²) < 4.78 is 19.8. The Morgan fingerprint density at radius 1 is 0.355 bits per heavy atom. The van der Waals surface area contributed by atoms with Gasteiger partial charge in [-0.05, 0) is 16.3 Å². The molecule has 1 radical (unpaired) electrons. The Hall–Kier alpha value is -7.12. The van der Waals surface area contributed by atoms with Crippen LogP contribution < -0.4 is 0 Å². The Balaban J connectivity index is 0.00000578. The van der Waals surface area contributed by atoms with E-state index < -0.39 is 170 Å². The van der Waals surface area contributed by atoms with Gasteiger partial charge in [0.15, 0.2) is 51.8 Å². The van der Waals surface area contributed by atoms with Gasteiger partial charge < -0.3 is 96.3 Å². The SMILES string of the molecule is Cc1c(-c2c3c(O)c(O)c(O)c(O)c3c(-c3c(O)c(O)c4c(O)c(O)c(O)c(O)c4c3O)c3c(O)c(O)c(O)c(O)c23)[c-]c(I)c(-c2oooc3c(O)c(O)c(O)oc2-3)c1C.[Tm]. The van der Waals surface area contributed by atoms with Gasteiger partial charge in [-0.1, -0.05) is 50.3 Å². The van der Waals surface area contributed by atoms with Crippen molar-refractivity contribution in [1.29, 1.82) is 0 Å². The minimum atomic E-state index is -1.53. The van der Waals surface area contributed by atoms with Gasteiger partial charge in [0.05, 0.1) is 16.3 Å². The fourth-order valence-corrected chi connectivity index (χ4v) is 8.25. The molecule has 0 fully saturated rings. The van der Waals surface area contributed by atoms with Gasteiger partial charge in [0.2, 0.25) is 51.8 Å². The number of hydrogen-bond acceptors (Lipinski definition) is 22. The molecule has 0 saturated carbocycles. The van der Waals surface area contributed by atoms with Crippen molar-refractivity contribution < 1.29 is 147 Å². The first-order valence-electron chi connectivity index (χ1n) is 16.6. The molecule has 329 valence electrons. The van der Waals surface area contributed by atoms with E-state index in [1.807, 2.05) is 0 Å². The van der Waals surface area contributed by atoms with Crippen LogP contribution in [0.2, 0.25) is 0 Å². The average molecular weight is 1130 g/mol. The zero-order chi connectivity index (χ0) is 44.7. The summed E-state index contributed by atoms with van der Waals surface area (Å²) in [6.45, 7) is 2.81. The van der Waals surface area contributed by atoms with Crippen LogP contribution in [0.3, 0.4) is 0 Å². The van der Waals surface area contributed by atoms with Crippen molar-refractivity contribution in [2.75, 3.05) is 0 Å². The zero-order valence-corrected chi connectivity index (χ0v) is 34.3. The second-order valence-corrected chi connectivity index (χ2v) is 14.4. The van der Waals surface area contributed by atoms with Gasteiger partial charge >= 0.3 is 5.95 Å². The second-order valence-electron chi connectivity index (χ2n) is 13.4. The average Bonchev–Trinajstić information content (AvgIpc) is 3.23. The molecule has 0 spiro atoms. The largest absolute Gasteiger partial charge is 0.506 e. The molecular weight excluding hydrogens is 1100 g/mol. The van der Waals surface area contributed by atoms with E-state index in [0.717, 1.165) is 0 Å². The first kappa shape index (κ1) is 43.0. The predicted molar refractivity (Wildman–Crippen MR) is 210 cm³/mol. The van der Waals surface area contributed by atoms with Crippen LogP contribution in [-0.2, 0) is 0 Å². The number of fused-ring (bicyclic) bond motifs is 4. The number of aromatic hydroxyl groups is 18. The van der Waals surface area contributed by atoms with Crippen molar-refractivity contribution in [2.24, 2.45) is 0 Å². The van der Waals surface area contributed by atoms with Crippen molar-refractivity contribution in [1.82, 2.24) is 0 Å². The molecule has 0 saturated heterocycles. The van der Waals surface area contributed by atoms with Crippen molar-refractivity contribution in [3.63, 3.8) is 0 Å². The molecule has 0 atom stereocenters. The number of phenolic OH excluding ortho intramolecular Hbond substituents is 15. The molecule has 6 aromatic carbocycles. The second kappa shape index (κ2) is 14.2. The van der Waals surface area contributed by atoms with Crippen LogP contribution in [0, 0.1) is 60.4 Å². The molecule has 0 amide bonds. The summed E-state index contributed by atoms with van der Waals surface area (Å²) in [5, 5.41) is 191. The maximum absolute atomic E-state index is 11.8. The van der Waals surface area contributed by atoms with Crippen LogP contribution in [-0.4, -0.2) is 91.9 Å². The Morgan fingerprint density at radius 3 is 1.21 bits per heavy atom. The van der Waals surface area contributed by atoms with Crippen LogP contribution in [0.1, 0.15) is 11.1 Å². The number of halogens is 1. The summed E-state index contributed by atoms with van der Waals surface area (Å²) in [6.07, 6.45) is 0. The third-order valence-corrected chi connectivity index (χ3v) is 11.2. The predicted octanol–water partition coefficient (Wildman–Crippen LogP) is 6.47. The number of phenols is 15. The molecule has 0 aliphatic carbocycles. The van der Waals surface area contributed by atoms with Crippen LogP contribution >= 0.6 is 22.6 Å². The summed E-state index contributed by atoms with van der Waals surface area (Å²) in [7, 11) is 0. The summed E-state index contributed by atoms with van der Waals surface area (Å²) in [6, 6.07) is 2.90. The molecule has 2 aliphatic heterocycles. The van der Waals surface area contributed by atoms with Gasteiger partial charge in [-0.15, -0.1) is 22.8 Å². The molecule has 6 aromatic rings. The van der Waals surface area contributed by atoms with Crippen molar-refractivity contribution in [2.45, 2.75) is 13.8 Å². The molecule has 8 rings (SSSR count). The van der Waals surface area contributed by atoms with E-state index in [4.69, 9.17) is 13.6 Å². The number of hydrogen-bond donors (Lipinski definition) is 18. The summed E-state index contributed by atoms with van der Waals surface area (Å²) in [5.74, 6) is -26.5. The number of rotatable bonds is 3. The first-order valence-corrected chi connectivity index (χ1v) is 17.7. The van der Waals surface area contributed by atoms with E-state index in [2.05, 4.69) is 10.8 Å². The Labute approximate surface area is 382 Å². The van der Waals surface area contributed by atoms with Gasteiger partial charge in [-0.3, -0.25) is 4.58 Å². The maximum Gasteiger partial charge on any atom is 0.330 e. The Kier molecular flexibility index (Phi) is 9.87. The summed E-state index contributed by atoms with van der Waals surface area (Å²) in [5.41, 5.74) is -3.01. The van der Waals surface area contributed by atoms with Gasteiger partial charge in [-0.2, -0.15) is 0 Å². The first-order chi connectivity index (χ1) is 28.6. The zero-order valence-electron chi connectivity index (χ0n) is 30.3. The van der Waals surface area contributed by atoms with Gasteiger partial charge in [0.1, 0.15) is 5.75 Å². The summed E-state index contributed by atoms with van der Waals surface area (Å²) in [4.78, 5) is 0. The topological polar surface area (TPSA) is 417 Å². The van der Waals surface area contributed by atoms with Crippen molar-refractivity contribution in [3.8, 4) is 149 Å². The van der Waals surface area contributed by atoms with E-state index in [0.29, 0.717) is 0 Å². The summed E-state index contributed by atoms with van der Waals surface area (Å²) >= 11 is 1.68. The molecule has 62 heavy (non-hydrogen) atoms. The normalized spacial score (nSPS) is 11.5. The van der Waals surface area contributed by atoms with E-state index in [-0.39, 0.29) is 62.7 Å². The Bertz CT molecular complexity index is 3250. The van der Waals surface area contributed by atoms with Crippen LogP contribution in [0.25, 0.3) is 77.4 Å². The molecule has 2 heterocycles. The van der Waals surface area contributed by atoms with Gasteiger partial charge in [-0.25, -0.2) is 4.58 Å². The quantitative estimate of drug-likeness (QED) is 0.0225. The van der Waals surface area contributed by atoms with Gasteiger partial charge in [0, 0.05) is 53.2 Å². The van der Waals surface area contributed by atoms with E-state index in [9.17, 15) is 91.9 Å². The maximum atomic E-state index is 11.8. The molecule has 0 bridgehead atoms. The molecular formula is C38H24IO22Tm-. The van der Waals surface area contributed by atoms with Crippen LogP contribution in [0.15, 0.2) is 18.3 Å². The Morgan fingerprint density at radius 2 is 0.742 bits per heavy atom. The number of benzene rings is 6. The van der Waals surface area contributed by atoms with Crippen molar-refractivity contribution in [3.05, 3.63) is 20.8 Å². The van der Waals surface area contributed by atoms with Crippen LogP contribution in [0.5, 0.6) is 104 Å². The minimum absolute atomic E-state index is 0. The van der Waals surface area contributed by atoms with Gasteiger partial charge in [0.25, 0.3) is 5.76 Å². The minimum Gasteiger partial charge on any atom is -0.506 e. The molecule has 22 nitrogen and oxygen atoms in total. The smallest absolute Gasteiger partial charge is 0.330 e. The monoisotopic (exact) mass is 1130 g/mol. The standard InChI is InChI=1S/C38H24IO22.Tm/c1-4-5(2)8(35-37-36(60-61-59-35)33(55)34(56)38(57)58-37)7(39)3-6(4)9-11-13(21(43)29(51)27(49)19(11)41)10(14-12(9)20(42)28(50)30(52)22(14)44)15-18(40)16-17(24(46)23(15)45)26(48)32(54)31(53)25(16)47;/h40-57H,1-2H3;/q-1;. The third-order valence-electron chi connectivity index (χ3n) is 10.3. The molecule has 0 unspecified atom stereocenters. The fourth-order valence-electron chi connectivity index (χ4n) is 7.33. The fraction of sp³-hybridized carbons (Fsp3) is 0.0526. The van der Waals surface area contributed by atoms with E-state index in [1.54, 1.807) is 22.6 Å². The molecule has 0 aromatic heterocycles. The molecule has 18 N–H and O–H groups in total. The molecule has 24 heteroatoms. The van der Waals surface area contributed by atoms with Crippen molar-refractivity contribution >= 4 is 54.9 Å². The molecule has 2 aliphatic rings. The van der Waals surface area contributed by atoms with E-state index in [1.165, 1.54) is 13.8 Å². The third kappa shape index (κ3) is 5.37. The van der Waals surface area contributed by atoms with E-state index >= 15 is 0 Å². The van der Waals surface area contributed by atoms with Crippen LogP contribution in [0.4, 0.5) is 0 Å².